The Balaban J connectivity index is 1.59. The molecular formula is C35H28N6O. The zero-order valence-corrected chi connectivity index (χ0v) is 23.8. The van der Waals surface area contributed by atoms with Crippen LogP contribution >= 0.6 is 0 Å². The van der Waals surface area contributed by atoms with Crippen molar-refractivity contribution in [3.63, 3.8) is 0 Å². The zero-order valence-electron chi connectivity index (χ0n) is 23.8. The average Bonchev–Trinajstić information content (AvgIpc) is 3.27. The van der Waals surface area contributed by atoms with E-state index in [9.17, 15) is 4.79 Å². The minimum Gasteiger partial charge on any atom is -0.276 e. The summed E-state index contributed by atoms with van der Waals surface area (Å²) < 4.78 is 0. The lowest BCUT2D eigenvalue weighted by molar-refractivity contribution is -0.113. The second-order valence-corrected chi connectivity index (χ2v) is 10.6. The number of allylic oxidation sites excluding steroid dienone is 1. The molecule has 0 radical (unpaired) electrons. The second-order valence-electron chi connectivity index (χ2n) is 10.6. The summed E-state index contributed by atoms with van der Waals surface area (Å²) in [5, 5.41) is 1.18. The molecule has 7 heteroatoms. The van der Waals surface area contributed by atoms with Gasteiger partial charge < -0.3 is 0 Å². The number of aromatic nitrogens is 3. The molecule has 0 aliphatic carbocycles. The summed E-state index contributed by atoms with van der Waals surface area (Å²) in [6.07, 6.45) is 8.97. The minimum atomic E-state index is -0.291. The molecular weight excluding hydrogens is 520 g/mol. The van der Waals surface area contributed by atoms with Crippen molar-refractivity contribution in [3.05, 3.63) is 129 Å². The first-order valence-electron chi connectivity index (χ1n) is 13.9. The third-order valence-electron chi connectivity index (χ3n) is 7.74. The summed E-state index contributed by atoms with van der Waals surface area (Å²) in [5.41, 5.74) is 9.06. The fourth-order valence-corrected chi connectivity index (χ4v) is 5.83. The summed E-state index contributed by atoms with van der Waals surface area (Å²) >= 11 is 0. The molecule has 0 atom stereocenters. The first-order chi connectivity index (χ1) is 20.4. The van der Waals surface area contributed by atoms with Crippen LogP contribution in [0.4, 0.5) is 23.0 Å². The first-order valence-corrected chi connectivity index (χ1v) is 13.9. The number of hydrogen-bond acceptors (Lipinski definition) is 6. The summed E-state index contributed by atoms with van der Waals surface area (Å²) in [6, 6.07) is 22.4. The van der Waals surface area contributed by atoms with E-state index in [4.69, 9.17) is 9.97 Å². The van der Waals surface area contributed by atoms with Gasteiger partial charge in [-0.05, 0) is 86.4 Å². The van der Waals surface area contributed by atoms with Gasteiger partial charge in [0.25, 0.3) is 5.91 Å². The van der Waals surface area contributed by atoms with Crippen LogP contribution < -0.4 is 20.5 Å². The van der Waals surface area contributed by atoms with Crippen LogP contribution in [0, 0.1) is 27.7 Å². The number of para-hydroxylation sites is 4. The van der Waals surface area contributed by atoms with Gasteiger partial charge >= 0.3 is 0 Å². The highest BCUT2D eigenvalue weighted by atomic mass is 16.1. The number of amides is 1. The van der Waals surface area contributed by atoms with Crippen molar-refractivity contribution < 1.29 is 4.79 Å². The molecule has 0 saturated heterocycles. The number of nitrogens with zero attached hydrogens (tertiary/aromatic N) is 6. The SMILES string of the molecule is Cc1cccc(C)c1N1C(=C/C=c2/nccc3c2=NC(=O)C=C3)N(c2c(C)cccc2C)c2nc3ccccc3nc21. The van der Waals surface area contributed by atoms with E-state index in [1.807, 2.05) is 42.5 Å². The third-order valence-corrected chi connectivity index (χ3v) is 7.74. The Morgan fingerprint density at radius 1 is 0.643 bits per heavy atom. The van der Waals surface area contributed by atoms with Crippen molar-refractivity contribution in [1.82, 2.24) is 15.0 Å². The molecule has 0 fully saturated rings. The Bertz CT molecular complexity index is 1990. The van der Waals surface area contributed by atoms with E-state index >= 15 is 0 Å². The molecule has 5 aromatic rings. The Kier molecular flexibility index (Phi) is 6.01. The quantitative estimate of drug-likeness (QED) is 0.274. The highest BCUT2D eigenvalue weighted by Gasteiger charge is 2.38. The Morgan fingerprint density at radius 3 is 1.74 bits per heavy atom. The van der Waals surface area contributed by atoms with Crippen molar-refractivity contribution in [1.29, 1.82) is 0 Å². The van der Waals surface area contributed by atoms with Crippen LogP contribution in [-0.4, -0.2) is 20.9 Å². The monoisotopic (exact) mass is 548 g/mol. The van der Waals surface area contributed by atoms with Crippen LogP contribution in [-0.2, 0) is 4.79 Å². The van der Waals surface area contributed by atoms with Crippen LogP contribution in [0.2, 0.25) is 0 Å². The van der Waals surface area contributed by atoms with Gasteiger partial charge in [0.15, 0.2) is 11.6 Å². The molecule has 0 saturated carbocycles. The normalized spacial score (nSPS) is 14.3. The Hall–Kier alpha value is -5.43. The Morgan fingerprint density at radius 2 is 1.19 bits per heavy atom. The van der Waals surface area contributed by atoms with Crippen molar-refractivity contribution in [2.24, 2.45) is 4.99 Å². The van der Waals surface area contributed by atoms with Crippen molar-refractivity contribution in [2.75, 3.05) is 9.80 Å². The molecule has 0 unspecified atom stereocenters. The molecule has 204 valence electrons. The summed E-state index contributed by atoms with van der Waals surface area (Å²) in [5.74, 6) is 2.06. The van der Waals surface area contributed by atoms with Crippen molar-refractivity contribution >= 4 is 52.1 Å². The molecule has 2 aromatic heterocycles. The van der Waals surface area contributed by atoms with Crippen LogP contribution in [0.15, 0.2) is 95.9 Å². The number of carbonyl (C=O) groups is 1. The number of hydrogen-bond donors (Lipinski definition) is 0. The van der Waals surface area contributed by atoms with Crippen LogP contribution in [0.5, 0.6) is 0 Å². The van der Waals surface area contributed by atoms with E-state index in [0.29, 0.717) is 10.7 Å². The van der Waals surface area contributed by atoms with E-state index in [1.165, 1.54) is 6.08 Å². The number of aryl methyl sites for hydroxylation is 4. The number of pyridine rings is 1. The zero-order chi connectivity index (χ0) is 29.0. The molecule has 2 aliphatic heterocycles. The first kappa shape index (κ1) is 25.5. The maximum absolute atomic E-state index is 12.2. The molecule has 3 aromatic carbocycles. The van der Waals surface area contributed by atoms with E-state index in [-0.39, 0.29) is 5.91 Å². The fourth-order valence-electron chi connectivity index (χ4n) is 5.83. The number of rotatable bonds is 3. The Labute approximate surface area is 243 Å². The predicted molar refractivity (Wildman–Crippen MR) is 167 cm³/mol. The summed E-state index contributed by atoms with van der Waals surface area (Å²) in [6.45, 7) is 8.47. The highest BCUT2D eigenvalue weighted by Crippen LogP contribution is 2.51. The molecule has 7 rings (SSSR count). The van der Waals surface area contributed by atoms with Gasteiger partial charge in [-0.2, -0.15) is 0 Å². The molecule has 0 N–H and O–H groups in total. The maximum Gasteiger partial charge on any atom is 0.270 e. The van der Waals surface area contributed by atoms with Gasteiger partial charge in [0.05, 0.1) is 27.8 Å². The van der Waals surface area contributed by atoms with Crippen LogP contribution in [0.25, 0.3) is 23.2 Å². The predicted octanol–water partition coefficient (Wildman–Crippen LogP) is 6.04. The molecule has 0 spiro atoms. The number of carbonyl (C=O) groups excluding carboxylic acids is 1. The molecule has 7 nitrogen and oxygen atoms in total. The molecule has 4 heterocycles. The maximum atomic E-state index is 12.2. The van der Waals surface area contributed by atoms with Gasteiger partial charge in [0, 0.05) is 17.8 Å². The number of anilines is 4. The van der Waals surface area contributed by atoms with Crippen LogP contribution in [0.1, 0.15) is 27.8 Å². The van der Waals surface area contributed by atoms with Gasteiger partial charge in [-0.3, -0.25) is 19.6 Å². The lowest BCUT2D eigenvalue weighted by Crippen LogP contribution is -2.33. The minimum absolute atomic E-state index is 0.291. The van der Waals surface area contributed by atoms with E-state index in [2.05, 4.69) is 83.9 Å². The molecule has 2 aliphatic rings. The smallest absolute Gasteiger partial charge is 0.270 e. The van der Waals surface area contributed by atoms with Gasteiger partial charge in [0.1, 0.15) is 11.2 Å². The van der Waals surface area contributed by atoms with E-state index < -0.39 is 0 Å². The molecule has 0 bridgehead atoms. The number of fused-ring (bicyclic) bond motifs is 3. The van der Waals surface area contributed by atoms with Gasteiger partial charge in [-0.25, -0.2) is 15.0 Å². The summed E-state index contributed by atoms with van der Waals surface area (Å²) in [7, 11) is 0. The van der Waals surface area contributed by atoms with E-state index in [1.54, 1.807) is 12.3 Å². The lowest BCUT2D eigenvalue weighted by atomic mass is 10.1. The number of benzene rings is 3. The summed E-state index contributed by atoms with van der Waals surface area (Å²) in [4.78, 5) is 35.8. The van der Waals surface area contributed by atoms with E-state index in [0.717, 1.165) is 67.7 Å². The van der Waals surface area contributed by atoms with Gasteiger partial charge in [-0.1, -0.05) is 48.5 Å². The van der Waals surface area contributed by atoms with Crippen molar-refractivity contribution in [2.45, 2.75) is 27.7 Å². The van der Waals surface area contributed by atoms with Crippen LogP contribution in [0.3, 0.4) is 0 Å². The average molecular weight is 549 g/mol. The topological polar surface area (TPSA) is 74.6 Å². The standard InChI is InChI=1S/C35H28N6O/c1-21-9-7-10-22(2)32(21)40-30(18-16-28-31-25(19-20-36-28)15-17-29(42)39-31)41(33-23(3)11-8-12-24(33)4)35-34(40)37-26-13-5-6-14-27(26)38-35/h5-20H,1-4H3/b28-16+. The fraction of sp³-hybridized carbons (Fsp3) is 0.114. The largest absolute Gasteiger partial charge is 0.276 e. The second kappa shape index (κ2) is 9.89. The molecule has 1 amide bonds. The van der Waals surface area contributed by atoms with Gasteiger partial charge in [0.2, 0.25) is 0 Å². The molecule has 42 heavy (non-hydrogen) atoms. The van der Waals surface area contributed by atoms with Gasteiger partial charge in [-0.15, -0.1) is 0 Å². The van der Waals surface area contributed by atoms with Crippen molar-refractivity contribution in [3.8, 4) is 0 Å². The third kappa shape index (κ3) is 4.09. The lowest BCUT2D eigenvalue weighted by Gasteiger charge is -2.28. The highest BCUT2D eigenvalue weighted by molar-refractivity contribution is 5.96.